The first-order valence-electron chi connectivity index (χ1n) is 6.61. The Kier molecular flexibility index (Phi) is 2.96. The standard InChI is InChI=1S/C16H19NO2/c1-9-10(2)15(17-11(9)3)16(18)12-4-5-13-7-19-8-14(13)6-12/h4-6,16-18H,7-8H2,1-3H3. The molecule has 1 unspecified atom stereocenters. The monoisotopic (exact) mass is 257 g/mol. The van der Waals surface area contributed by atoms with Gasteiger partial charge in [-0.3, -0.25) is 0 Å². The maximum Gasteiger partial charge on any atom is 0.119 e. The molecule has 1 atom stereocenters. The number of aromatic nitrogens is 1. The SMILES string of the molecule is Cc1[nH]c(C(O)c2ccc3c(c2)COC3)c(C)c1C. The highest BCUT2D eigenvalue weighted by Gasteiger charge is 2.20. The number of ether oxygens (including phenoxy) is 1. The van der Waals surface area contributed by atoms with Crippen molar-refractivity contribution >= 4 is 0 Å². The maximum atomic E-state index is 10.6. The van der Waals surface area contributed by atoms with Gasteiger partial charge in [0.15, 0.2) is 0 Å². The third kappa shape index (κ3) is 1.99. The van der Waals surface area contributed by atoms with E-state index in [1.165, 1.54) is 16.7 Å². The summed E-state index contributed by atoms with van der Waals surface area (Å²) in [5.74, 6) is 0. The summed E-state index contributed by atoms with van der Waals surface area (Å²) in [7, 11) is 0. The van der Waals surface area contributed by atoms with Crippen LogP contribution in [0.25, 0.3) is 0 Å². The van der Waals surface area contributed by atoms with Crippen LogP contribution in [0.15, 0.2) is 18.2 Å². The number of hydrogen-bond donors (Lipinski definition) is 2. The summed E-state index contributed by atoms with van der Waals surface area (Å²) < 4.78 is 5.41. The summed E-state index contributed by atoms with van der Waals surface area (Å²) in [6, 6.07) is 6.10. The molecule has 3 heteroatoms. The minimum atomic E-state index is -0.599. The molecule has 1 aromatic carbocycles. The molecule has 1 aliphatic heterocycles. The number of aliphatic hydroxyl groups excluding tert-OH is 1. The van der Waals surface area contributed by atoms with Crippen LogP contribution in [0.3, 0.4) is 0 Å². The van der Waals surface area contributed by atoms with Gasteiger partial charge in [0.2, 0.25) is 0 Å². The summed E-state index contributed by atoms with van der Waals surface area (Å²) in [6.45, 7) is 7.50. The highest BCUT2D eigenvalue weighted by atomic mass is 16.5. The van der Waals surface area contributed by atoms with Gasteiger partial charge in [0, 0.05) is 5.69 Å². The van der Waals surface area contributed by atoms with Gasteiger partial charge >= 0.3 is 0 Å². The van der Waals surface area contributed by atoms with Crippen molar-refractivity contribution in [1.29, 1.82) is 0 Å². The van der Waals surface area contributed by atoms with E-state index < -0.39 is 6.10 Å². The van der Waals surface area contributed by atoms with Crippen molar-refractivity contribution in [2.24, 2.45) is 0 Å². The molecule has 3 rings (SSSR count). The van der Waals surface area contributed by atoms with Crippen LogP contribution in [0.5, 0.6) is 0 Å². The zero-order valence-electron chi connectivity index (χ0n) is 11.6. The van der Waals surface area contributed by atoms with Crippen molar-refractivity contribution in [3.63, 3.8) is 0 Å². The van der Waals surface area contributed by atoms with Crippen LogP contribution in [0.1, 0.15) is 45.3 Å². The van der Waals surface area contributed by atoms with E-state index in [2.05, 4.69) is 24.0 Å². The average molecular weight is 257 g/mol. The lowest BCUT2D eigenvalue weighted by atomic mass is 9.99. The smallest absolute Gasteiger partial charge is 0.119 e. The van der Waals surface area contributed by atoms with E-state index in [1.54, 1.807) is 0 Å². The molecule has 3 nitrogen and oxygen atoms in total. The van der Waals surface area contributed by atoms with Crippen molar-refractivity contribution in [2.45, 2.75) is 40.1 Å². The van der Waals surface area contributed by atoms with Gasteiger partial charge in [-0.05, 0) is 48.6 Å². The summed E-state index contributed by atoms with van der Waals surface area (Å²) >= 11 is 0. The third-order valence-corrected chi connectivity index (χ3v) is 4.19. The molecule has 0 aliphatic carbocycles. The third-order valence-electron chi connectivity index (χ3n) is 4.19. The van der Waals surface area contributed by atoms with Crippen LogP contribution in [0.4, 0.5) is 0 Å². The van der Waals surface area contributed by atoms with Crippen molar-refractivity contribution in [3.05, 3.63) is 57.4 Å². The van der Waals surface area contributed by atoms with Crippen LogP contribution in [0, 0.1) is 20.8 Å². The number of hydrogen-bond acceptors (Lipinski definition) is 2. The Morgan fingerprint density at radius 1 is 1.11 bits per heavy atom. The van der Waals surface area contributed by atoms with Gasteiger partial charge in [0.25, 0.3) is 0 Å². The van der Waals surface area contributed by atoms with Crippen LogP contribution in [-0.2, 0) is 18.0 Å². The molecule has 0 saturated carbocycles. The highest BCUT2D eigenvalue weighted by molar-refractivity contribution is 5.41. The van der Waals surface area contributed by atoms with Gasteiger partial charge in [0.05, 0.1) is 18.9 Å². The van der Waals surface area contributed by atoms with Crippen LogP contribution in [-0.4, -0.2) is 10.1 Å². The molecule has 0 fully saturated rings. The lowest BCUT2D eigenvalue weighted by molar-refractivity contribution is 0.134. The van der Waals surface area contributed by atoms with Crippen LogP contribution < -0.4 is 0 Å². The van der Waals surface area contributed by atoms with Crippen molar-refractivity contribution in [2.75, 3.05) is 0 Å². The Morgan fingerprint density at radius 2 is 1.84 bits per heavy atom. The van der Waals surface area contributed by atoms with Gasteiger partial charge < -0.3 is 14.8 Å². The molecular formula is C16H19NO2. The minimum absolute atomic E-state index is 0.599. The second kappa shape index (κ2) is 4.51. The number of rotatable bonds is 2. The van der Waals surface area contributed by atoms with Gasteiger partial charge in [-0.25, -0.2) is 0 Å². The molecule has 2 N–H and O–H groups in total. The Hall–Kier alpha value is -1.58. The second-order valence-corrected chi connectivity index (χ2v) is 5.34. The number of aromatic amines is 1. The van der Waals surface area contributed by atoms with E-state index in [1.807, 2.05) is 19.9 Å². The molecule has 1 aliphatic rings. The predicted octanol–water partition coefficient (Wildman–Crippen LogP) is 3.05. The maximum absolute atomic E-state index is 10.6. The fourth-order valence-corrected chi connectivity index (χ4v) is 2.67. The molecular weight excluding hydrogens is 238 g/mol. The first-order valence-corrected chi connectivity index (χ1v) is 6.61. The summed E-state index contributed by atoms with van der Waals surface area (Å²) in [5, 5.41) is 10.6. The van der Waals surface area contributed by atoms with Crippen molar-refractivity contribution in [1.82, 2.24) is 4.98 Å². The molecule has 100 valence electrons. The van der Waals surface area contributed by atoms with Gasteiger partial charge in [-0.2, -0.15) is 0 Å². The second-order valence-electron chi connectivity index (χ2n) is 5.34. The molecule has 2 aromatic rings. The summed E-state index contributed by atoms with van der Waals surface area (Å²) in [4.78, 5) is 3.30. The van der Waals surface area contributed by atoms with E-state index in [-0.39, 0.29) is 0 Å². The number of aliphatic hydroxyl groups is 1. The zero-order chi connectivity index (χ0) is 13.6. The number of aryl methyl sites for hydroxylation is 1. The molecule has 2 heterocycles. The van der Waals surface area contributed by atoms with Gasteiger partial charge in [-0.15, -0.1) is 0 Å². The van der Waals surface area contributed by atoms with E-state index in [0.717, 1.165) is 22.5 Å². The van der Waals surface area contributed by atoms with Crippen molar-refractivity contribution < 1.29 is 9.84 Å². The molecule has 0 spiro atoms. The topological polar surface area (TPSA) is 45.2 Å². The normalized spacial score (nSPS) is 15.6. The molecule has 0 radical (unpaired) electrons. The average Bonchev–Trinajstić information content (AvgIpc) is 2.97. The fraction of sp³-hybridized carbons (Fsp3) is 0.375. The largest absolute Gasteiger partial charge is 0.382 e. The highest BCUT2D eigenvalue weighted by Crippen LogP contribution is 2.30. The quantitative estimate of drug-likeness (QED) is 0.868. The zero-order valence-corrected chi connectivity index (χ0v) is 11.6. The molecule has 0 saturated heterocycles. The molecule has 0 amide bonds. The molecule has 0 bridgehead atoms. The van der Waals surface area contributed by atoms with E-state index in [0.29, 0.717) is 13.2 Å². The lowest BCUT2D eigenvalue weighted by Gasteiger charge is -2.12. The van der Waals surface area contributed by atoms with Crippen molar-refractivity contribution in [3.8, 4) is 0 Å². The number of nitrogens with one attached hydrogen (secondary N) is 1. The Morgan fingerprint density at radius 3 is 2.53 bits per heavy atom. The number of fused-ring (bicyclic) bond motifs is 1. The molecule has 19 heavy (non-hydrogen) atoms. The first-order chi connectivity index (χ1) is 9.08. The van der Waals surface area contributed by atoms with E-state index >= 15 is 0 Å². The first kappa shape index (κ1) is 12.5. The van der Waals surface area contributed by atoms with Crippen LogP contribution >= 0.6 is 0 Å². The Bertz CT molecular complexity index is 628. The lowest BCUT2D eigenvalue weighted by Crippen LogP contribution is -2.03. The molecule has 1 aromatic heterocycles. The van der Waals surface area contributed by atoms with Gasteiger partial charge in [-0.1, -0.05) is 18.2 Å². The number of benzene rings is 1. The minimum Gasteiger partial charge on any atom is -0.382 e. The Labute approximate surface area is 113 Å². The number of H-pyrrole nitrogens is 1. The fourth-order valence-electron chi connectivity index (χ4n) is 2.67. The summed E-state index contributed by atoms with van der Waals surface area (Å²) in [6.07, 6.45) is -0.599. The van der Waals surface area contributed by atoms with E-state index in [9.17, 15) is 5.11 Å². The van der Waals surface area contributed by atoms with Gasteiger partial charge in [0.1, 0.15) is 6.10 Å². The predicted molar refractivity (Wildman–Crippen MR) is 74.0 cm³/mol. The van der Waals surface area contributed by atoms with Crippen LogP contribution in [0.2, 0.25) is 0 Å². The summed E-state index contributed by atoms with van der Waals surface area (Å²) in [5.41, 5.74) is 7.72. The van der Waals surface area contributed by atoms with E-state index in [4.69, 9.17) is 4.74 Å². The Balaban J connectivity index is 1.99.